The summed E-state index contributed by atoms with van der Waals surface area (Å²) in [7, 11) is 1.67. The van der Waals surface area contributed by atoms with Crippen molar-refractivity contribution in [1.29, 1.82) is 0 Å². The zero-order valence-corrected chi connectivity index (χ0v) is 10.3. The standard InChI is InChI=1S/C15H16N2O/c1-18-11-6-7-13(16)12(9-11)15-8-10-4-2-3-5-14(10)17-15/h2-7,9,15,17H,8,16H2,1H3. The first-order valence-corrected chi connectivity index (χ1v) is 6.06. The maximum atomic E-state index is 6.06. The molecule has 0 bridgehead atoms. The van der Waals surface area contributed by atoms with Crippen LogP contribution in [-0.2, 0) is 6.42 Å². The Morgan fingerprint density at radius 2 is 2.06 bits per heavy atom. The van der Waals surface area contributed by atoms with Crippen molar-refractivity contribution in [2.75, 3.05) is 18.2 Å². The molecule has 3 N–H and O–H groups in total. The lowest BCUT2D eigenvalue weighted by Gasteiger charge is -2.15. The zero-order chi connectivity index (χ0) is 12.5. The molecule has 0 fully saturated rings. The molecule has 1 atom stereocenters. The van der Waals surface area contributed by atoms with Gasteiger partial charge >= 0.3 is 0 Å². The molecule has 0 spiro atoms. The van der Waals surface area contributed by atoms with Crippen LogP contribution in [0.1, 0.15) is 17.2 Å². The van der Waals surface area contributed by atoms with E-state index in [4.69, 9.17) is 10.5 Å². The quantitative estimate of drug-likeness (QED) is 0.793. The van der Waals surface area contributed by atoms with Crippen LogP contribution in [0, 0.1) is 0 Å². The van der Waals surface area contributed by atoms with Gasteiger partial charge in [0.05, 0.1) is 13.2 Å². The van der Waals surface area contributed by atoms with Crippen molar-refractivity contribution in [3.05, 3.63) is 53.6 Å². The van der Waals surface area contributed by atoms with E-state index in [1.165, 1.54) is 11.3 Å². The van der Waals surface area contributed by atoms with Crippen LogP contribution in [0.15, 0.2) is 42.5 Å². The van der Waals surface area contributed by atoms with Gasteiger partial charge in [0.2, 0.25) is 0 Å². The molecular weight excluding hydrogens is 224 g/mol. The Kier molecular flexibility index (Phi) is 2.59. The van der Waals surface area contributed by atoms with Crippen molar-refractivity contribution in [2.45, 2.75) is 12.5 Å². The van der Waals surface area contributed by atoms with Crippen LogP contribution in [-0.4, -0.2) is 7.11 Å². The summed E-state index contributed by atoms with van der Waals surface area (Å²) in [5.74, 6) is 0.844. The molecule has 3 heteroatoms. The third-order valence-electron chi connectivity index (χ3n) is 3.44. The van der Waals surface area contributed by atoms with Crippen LogP contribution in [0.3, 0.4) is 0 Å². The molecule has 1 aliphatic rings. The van der Waals surface area contributed by atoms with Gasteiger partial charge in [-0.1, -0.05) is 18.2 Å². The lowest BCUT2D eigenvalue weighted by atomic mass is 10.0. The molecule has 18 heavy (non-hydrogen) atoms. The first-order chi connectivity index (χ1) is 8.78. The van der Waals surface area contributed by atoms with Crippen LogP contribution < -0.4 is 15.8 Å². The molecule has 3 rings (SSSR count). The topological polar surface area (TPSA) is 47.3 Å². The Balaban J connectivity index is 1.94. The van der Waals surface area contributed by atoms with Crippen molar-refractivity contribution in [3.63, 3.8) is 0 Å². The van der Waals surface area contributed by atoms with Gasteiger partial charge in [-0.25, -0.2) is 0 Å². The Hall–Kier alpha value is -2.16. The second kappa shape index (κ2) is 4.26. The van der Waals surface area contributed by atoms with E-state index in [2.05, 4.69) is 23.5 Å². The van der Waals surface area contributed by atoms with Gasteiger partial charge in [-0.3, -0.25) is 0 Å². The van der Waals surface area contributed by atoms with Gasteiger partial charge in [0.25, 0.3) is 0 Å². The predicted octanol–water partition coefficient (Wildman–Crippen LogP) is 2.99. The Morgan fingerprint density at radius 3 is 2.83 bits per heavy atom. The fourth-order valence-corrected chi connectivity index (χ4v) is 2.47. The number of hydrogen-bond donors (Lipinski definition) is 2. The van der Waals surface area contributed by atoms with E-state index in [1.54, 1.807) is 7.11 Å². The highest BCUT2D eigenvalue weighted by molar-refractivity contribution is 5.62. The number of para-hydroxylation sites is 1. The fourth-order valence-electron chi connectivity index (χ4n) is 2.47. The van der Waals surface area contributed by atoms with Crippen LogP contribution in [0.2, 0.25) is 0 Å². The lowest BCUT2D eigenvalue weighted by Crippen LogP contribution is -2.08. The average molecular weight is 240 g/mol. The van der Waals surface area contributed by atoms with Crippen molar-refractivity contribution in [3.8, 4) is 5.75 Å². The minimum Gasteiger partial charge on any atom is -0.497 e. The minimum atomic E-state index is 0.234. The number of ether oxygens (including phenoxy) is 1. The third-order valence-corrected chi connectivity index (χ3v) is 3.44. The molecule has 0 saturated carbocycles. The van der Waals surface area contributed by atoms with Gasteiger partial charge in [-0.2, -0.15) is 0 Å². The van der Waals surface area contributed by atoms with Crippen molar-refractivity contribution >= 4 is 11.4 Å². The predicted molar refractivity (Wildman–Crippen MR) is 73.9 cm³/mol. The Morgan fingerprint density at radius 1 is 1.22 bits per heavy atom. The Labute approximate surface area is 107 Å². The smallest absolute Gasteiger partial charge is 0.119 e. The highest BCUT2D eigenvalue weighted by atomic mass is 16.5. The second-order valence-corrected chi connectivity index (χ2v) is 4.55. The summed E-state index contributed by atoms with van der Waals surface area (Å²) in [4.78, 5) is 0. The third kappa shape index (κ3) is 1.78. The largest absolute Gasteiger partial charge is 0.497 e. The minimum absolute atomic E-state index is 0.234. The first-order valence-electron chi connectivity index (χ1n) is 6.06. The molecule has 1 unspecified atom stereocenters. The van der Waals surface area contributed by atoms with Gasteiger partial charge < -0.3 is 15.8 Å². The van der Waals surface area contributed by atoms with Crippen molar-refractivity contribution < 1.29 is 4.74 Å². The van der Waals surface area contributed by atoms with E-state index in [-0.39, 0.29) is 6.04 Å². The zero-order valence-electron chi connectivity index (χ0n) is 10.3. The van der Waals surface area contributed by atoms with Crippen LogP contribution in [0.25, 0.3) is 0 Å². The summed E-state index contributed by atoms with van der Waals surface area (Å²) in [5, 5.41) is 3.51. The molecular formula is C15H16N2O. The van der Waals surface area contributed by atoms with Crippen LogP contribution in [0.5, 0.6) is 5.75 Å². The van der Waals surface area contributed by atoms with E-state index in [1.807, 2.05) is 24.3 Å². The number of nitrogens with two attached hydrogens (primary N) is 1. The summed E-state index contributed by atoms with van der Waals surface area (Å²) in [6.07, 6.45) is 0.966. The number of nitrogen functional groups attached to an aromatic ring is 1. The maximum Gasteiger partial charge on any atom is 0.119 e. The van der Waals surface area contributed by atoms with Gasteiger partial charge in [0, 0.05) is 16.9 Å². The molecule has 3 nitrogen and oxygen atoms in total. The highest BCUT2D eigenvalue weighted by Crippen LogP contribution is 2.37. The summed E-state index contributed by atoms with van der Waals surface area (Å²) in [5.41, 5.74) is 10.5. The van der Waals surface area contributed by atoms with Gasteiger partial charge in [-0.15, -0.1) is 0 Å². The number of benzene rings is 2. The van der Waals surface area contributed by atoms with Crippen LogP contribution >= 0.6 is 0 Å². The fraction of sp³-hybridized carbons (Fsp3) is 0.200. The van der Waals surface area contributed by atoms with E-state index >= 15 is 0 Å². The monoisotopic (exact) mass is 240 g/mol. The van der Waals surface area contributed by atoms with Crippen molar-refractivity contribution in [1.82, 2.24) is 0 Å². The maximum absolute atomic E-state index is 6.06. The van der Waals surface area contributed by atoms with E-state index in [9.17, 15) is 0 Å². The van der Waals surface area contributed by atoms with Gasteiger partial charge in [-0.05, 0) is 36.2 Å². The summed E-state index contributed by atoms with van der Waals surface area (Å²) >= 11 is 0. The molecule has 1 aliphatic heterocycles. The number of methoxy groups -OCH3 is 1. The normalized spacial score (nSPS) is 17.1. The number of hydrogen-bond acceptors (Lipinski definition) is 3. The summed E-state index contributed by atoms with van der Waals surface area (Å²) < 4.78 is 5.26. The number of rotatable bonds is 2. The van der Waals surface area contributed by atoms with Gasteiger partial charge in [0.1, 0.15) is 5.75 Å². The molecule has 0 amide bonds. The summed E-state index contributed by atoms with van der Waals surface area (Å²) in [6.45, 7) is 0. The molecule has 0 aliphatic carbocycles. The molecule has 0 saturated heterocycles. The summed E-state index contributed by atoms with van der Waals surface area (Å²) in [6, 6.07) is 14.4. The van der Waals surface area contributed by atoms with E-state index < -0.39 is 0 Å². The Bertz CT molecular complexity index is 555. The first kappa shape index (κ1) is 11.0. The number of nitrogens with one attached hydrogen (secondary N) is 1. The molecule has 2 aromatic carbocycles. The number of fused-ring (bicyclic) bond motifs is 1. The molecule has 0 radical (unpaired) electrons. The second-order valence-electron chi connectivity index (χ2n) is 4.55. The van der Waals surface area contributed by atoms with E-state index in [0.717, 1.165) is 23.4 Å². The number of anilines is 2. The molecule has 2 aromatic rings. The van der Waals surface area contributed by atoms with Crippen molar-refractivity contribution in [2.24, 2.45) is 0 Å². The van der Waals surface area contributed by atoms with Gasteiger partial charge in [0.15, 0.2) is 0 Å². The molecule has 92 valence electrons. The molecule has 1 heterocycles. The lowest BCUT2D eigenvalue weighted by molar-refractivity contribution is 0.414. The SMILES string of the molecule is COc1ccc(N)c(C2Cc3ccccc3N2)c1. The molecule has 0 aromatic heterocycles. The highest BCUT2D eigenvalue weighted by Gasteiger charge is 2.23. The van der Waals surface area contributed by atoms with E-state index in [0.29, 0.717) is 0 Å². The van der Waals surface area contributed by atoms with Crippen LogP contribution in [0.4, 0.5) is 11.4 Å². The average Bonchev–Trinajstić information content (AvgIpc) is 2.82.